The Morgan fingerprint density at radius 2 is 2.39 bits per heavy atom. The maximum Gasteiger partial charge on any atom is 0.138 e. The van der Waals surface area contributed by atoms with Crippen LogP contribution in [0, 0.1) is 0 Å². The van der Waals surface area contributed by atoms with Crippen LogP contribution >= 0.6 is 51.1 Å². The van der Waals surface area contributed by atoms with Crippen molar-refractivity contribution in [2.45, 2.75) is 5.75 Å². The van der Waals surface area contributed by atoms with E-state index in [1.54, 1.807) is 11.8 Å². The van der Waals surface area contributed by atoms with E-state index in [4.69, 9.17) is 11.6 Å². The van der Waals surface area contributed by atoms with Crippen molar-refractivity contribution in [3.05, 3.63) is 33.6 Å². The number of thioether (sulfide) groups is 2. The molecule has 3 nitrogen and oxygen atoms in total. The topological polar surface area (TPSA) is 29.7 Å². The first-order valence-corrected chi connectivity index (χ1v) is 8.50. The number of fused-ring (bicyclic) bond motifs is 1. The van der Waals surface area contributed by atoms with Crippen molar-refractivity contribution in [1.82, 2.24) is 9.38 Å². The molecule has 7 heteroatoms. The highest BCUT2D eigenvalue weighted by molar-refractivity contribution is 9.10. The lowest BCUT2D eigenvalue weighted by atomic mass is 10.5. The van der Waals surface area contributed by atoms with Crippen molar-refractivity contribution in [2.24, 2.45) is 4.99 Å². The number of imidazole rings is 1. The van der Waals surface area contributed by atoms with Gasteiger partial charge in [0.25, 0.3) is 0 Å². The Bertz CT molecular complexity index is 626. The van der Waals surface area contributed by atoms with Gasteiger partial charge in [-0.3, -0.25) is 9.39 Å². The predicted molar refractivity (Wildman–Crippen MR) is 84.0 cm³/mol. The van der Waals surface area contributed by atoms with Gasteiger partial charge in [0.1, 0.15) is 14.6 Å². The molecular weight excluding hydrogens is 354 g/mol. The van der Waals surface area contributed by atoms with E-state index in [0.717, 1.165) is 38.4 Å². The van der Waals surface area contributed by atoms with Crippen LogP contribution in [0.4, 0.5) is 0 Å². The summed E-state index contributed by atoms with van der Waals surface area (Å²) in [5.74, 6) is 1.93. The Balaban J connectivity index is 1.85. The van der Waals surface area contributed by atoms with Crippen LogP contribution < -0.4 is 0 Å². The number of nitrogens with zero attached hydrogens (tertiary/aromatic N) is 3. The second-order valence-corrected chi connectivity index (χ2v) is 7.20. The Morgan fingerprint density at radius 1 is 1.50 bits per heavy atom. The molecule has 0 aliphatic carbocycles. The van der Waals surface area contributed by atoms with Gasteiger partial charge in [-0.25, -0.2) is 4.98 Å². The average Bonchev–Trinajstić information content (AvgIpc) is 2.97. The molecule has 0 radical (unpaired) electrons. The van der Waals surface area contributed by atoms with E-state index in [2.05, 4.69) is 25.9 Å². The van der Waals surface area contributed by atoms with E-state index >= 15 is 0 Å². The first kappa shape index (κ1) is 12.8. The zero-order valence-electron chi connectivity index (χ0n) is 9.27. The van der Waals surface area contributed by atoms with Crippen LogP contribution in [0.2, 0.25) is 5.02 Å². The minimum Gasteiger partial charge on any atom is -0.292 e. The SMILES string of the molecule is Clc1ccc2nc(CSC3=NCCS3)c(Br)n2c1. The van der Waals surface area contributed by atoms with Crippen molar-refractivity contribution >= 4 is 61.1 Å². The maximum absolute atomic E-state index is 5.98. The van der Waals surface area contributed by atoms with E-state index in [-0.39, 0.29) is 0 Å². The van der Waals surface area contributed by atoms with Gasteiger partial charge in [0, 0.05) is 17.7 Å². The molecule has 1 aliphatic heterocycles. The van der Waals surface area contributed by atoms with Crippen LogP contribution in [-0.2, 0) is 5.75 Å². The summed E-state index contributed by atoms with van der Waals surface area (Å²) in [6.45, 7) is 0.939. The lowest BCUT2D eigenvalue weighted by molar-refractivity contribution is 1.14. The van der Waals surface area contributed by atoms with Crippen LogP contribution in [-0.4, -0.2) is 26.1 Å². The zero-order chi connectivity index (χ0) is 12.5. The second-order valence-electron chi connectivity index (χ2n) is 3.71. The third-order valence-corrected chi connectivity index (χ3v) is 5.81. The maximum atomic E-state index is 5.98. The summed E-state index contributed by atoms with van der Waals surface area (Å²) in [4.78, 5) is 9.01. The minimum absolute atomic E-state index is 0.704. The molecule has 3 heterocycles. The lowest BCUT2D eigenvalue weighted by Crippen LogP contribution is -1.87. The van der Waals surface area contributed by atoms with Crippen molar-refractivity contribution in [2.75, 3.05) is 12.3 Å². The summed E-state index contributed by atoms with van der Waals surface area (Å²) in [7, 11) is 0. The normalized spacial score (nSPS) is 15.3. The molecule has 0 spiro atoms. The second kappa shape index (κ2) is 5.45. The van der Waals surface area contributed by atoms with Gasteiger partial charge < -0.3 is 0 Å². The van der Waals surface area contributed by atoms with Gasteiger partial charge in [-0.15, -0.1) is 0 Å². The fraction of sp³-hybridized carbons (Fsp3) is 0.273. The Kier molecular flexibility index (Phi) is 3.89. The molecular formula is C11H9BrClN3S2. The smallest absolute Gasteiger partial charge is 0.138 e. The number of rotatable bonds is 2. The molecule has 0 saturated carbocycles. The number of hydrogen-bond donors (Lipinski definition) is 0. The molecule has 0 saturated heterocycles. The number of aliphatic imine (C=N–C) groups is 1. The molecule has 0 amide bonds. The number of halogens is 2. The molecule has 0 unspecified atom stereocenters. The van der Waals surface area contributed by atoms with Crippen LogP contribution in [0.5, 0.6) is 0 Å². The monoisotopic (exact) mass is 361 g/mol. The first-order chi connectivity index (χ1) is 8.74. The third kappa shape index (κ3) is 2.57. The largest absolute Gasteiger partial charge is 0.292 e. The number of hydrogen-bond acceptors (Lipinski definition) is 4. The van der Waals surface area contributed by atoms with Crippen LogP contribution in [0.15, 0.2) is 27.9 Å². The van der Waals surface area contributed by atoms with Crippen molar-refractivity contribution in [1.29, 1.82) is 0 Å². The highest BCUT2D eigenvalue weighted by Gasteiger charge is 2.13. The van der Waals surface area contributed by atoms with Crippen LogP contribution in [0.25, 0.3) is 5.65 Å². The average molecular weight is 363 g/mol. The molecule has 0 fully saturated rings. The molecule has 18 heavy (non-hydrogen) atoms. The summed E-state index contributed by atoms with van der Waals surface area (Å²) in [6, 6.07) is 3.77. The van der Waals surface area contributed by atoms with Gasteiger partial charge in [0.15, 0.2) is 0 Å². The first-order valence-electron chi connectivity index (χ1n) is 5.36. The molecule has 0 atom stereocenters. The third-order valence-electron chi connectivity index (χ3n) is 2.48. The van der Waals surface area contributed by atoms with Crippen molar-refractivity contribution in [3.63, 3.8) is 0 Å². The van der Waals surface area contributed by atoms with Crippen LogP contribution in [0.1, 0.15) is 5.69 Å². The summed E-state index contributed by atoms with van der Waals surface area (Å²) >= 11 is 13.1. The predicted octanol–water partition coefficient (Wildman–Crippen LogP) is 4.09. The van der Waals surface area contributed by atoms with E-state index in [9.17, 15) is 0 Å². The van der Waals surface area contributed by atoms with Crippen LogP contribution in [0.3, 0.4) is 0 Å². The summed E-state index contributed by atoms with van der Waals surface area (Å²) in [5, 5.41) is 0.704. The van der Waals surface area contributed by atoms with E-state index in [1.807, 2.05) is 34.5 Å². The molecule has 1 aliphatic rings. The lowest BCUT2D eigenvalue weighted by Gasteiger charge is -1.98. The van der Waals surface area contributed by atoms with Gasteiger partial charge in [0.2, 0.25) is 0 Å². The molecule has 2 aromatic heterocycles. The fourth-order valence-corrected chi connectivity index (χ4v) is 4.47. The zero-order valence-corrected chi connectivity index (χ0v) is 13.2. The molecule has 0 N–H and O–H groups in total. The Morgan fingerprint density at radius 3 is 3.17 bits per heavy atom. The molecule has 0 bridgehead atoms. The van der Waals surface area contributed by atoms with Gasteiger partial charge in [-0.05, 0) is 28.1 Å². The van der Waals surface area contributed by atoms with E-state index in [0.29, 0.717) is 5.02 Å². The van der Waals surface area contributed by atoms with Gasteiger partial charge in [-0.1, -0.05) is 35.1 Å². The Hall–Kier alpha value is -0.170. The number of pyridine rings is 1. The Labute approximate surface area is 127 Å². The summed E-state index contributed by atoms with van der Waals surface area (Å²) < 4.78 is 4.09. The standard InChI is InChI=1S/C11H9BrClN3S2/c12-10-8(6-18-11-14-3-4-17-11)15-9-2-1-7(13)5-16(9)10/h1-2,5H,3-4,6H2. The highest BCUT2D eigenvalue weighted by Crippen LogP contribution is 2.29. The number of aromatic nitrogens is 2. The van der Waals surface area contributed by atoms with E-state index < -0.39 is 0 Å². The highest BCUT2D eigenvalue weighted by atomic mass is 79.9. The minimum atomic E-state index is 0.704. The van der Waals surface area contributed by atoms with Gasteiger partial charge in [-0.2, -0.15) is 0 Å². The molecule has 94 valence electrons. The van der Waals surface area contributed by atoms with E-state index in [1.165, 1.54) is 0 Å². The summed E-state index contributed by atoms with van der Waals surface area (Å²) in [6.07, 6.45) is 1.87. The fourth-order valence-electron chi connectivity index (χ4n) is 1.66. The molecule has 3 rings (SSSR count). The summed E-state index contributed by atoms with van der Waals surface area (Å²) in [5.41, 5.74) is 1.93. The molecule has 2 aromatic rings. The van der Waals surface area contributed by atoms with Gasteiger partial charge in [0.05, 0.1) is 17.3 Å². The van der Waals surface area contributed by atoms with Crippen molar-refractivity contribution < 1.29 is 0 Å². The quantitative estimate of drug-likeness (QED) is 0.806. The van der Waals surface area contributed by atoms with Gasteiger partial charge >= 0.3 is 0 Å². The van der Waals surface area contributed by atoms with Crippen molar-refractivity contribution in [3.8, 4) is 0 Å². The molecule has 0 aromatic carbocycles.